The van der Waals surface area contributed by atoms with Crippen LogP contribution in [0.1, 0.15) is 25.5 Å². The van der Waals surface area contributed by atoms with Gasteiger partial charge in [0.2, 0.25) is 0 Å². The molecule has 0 radical (unpaired) electrons. The number of benzene rings is 1. The summed E-state index contributed by atoms with van der Waals surface area (Å²) in [7, 11) is 2.04. The van der Waals surface area contributed by atoms with Gasteiger partial charge in [0.25, 0.3) is 0 Å². The van der Waals surface area contributed by atoms with Crippen molar-refractivity contribution < 1.29 is 14.6 Å². The van der Waals surface area contributed by atoms with Gasteiger partial charge in [0, 0.05) is 18.7 Å². The highest BCUT2D eigenvalue weighted by Crippen LogP contribution is 2.30. The zero-order valence-electron chi connectivity index (χ0n) is 11.9. The van der Waals surface area contributed by atoms with Gasteiger partial charge >= 0.3 is 0 Å². The maximum Gasteiger partial charge on any atom is 0.125 e. The van der Waals surface area contributed by atoms with Crippen LogP contribution in [0.5, 0.6) is 5.75 Å². The fourth-order valence-electron chi connectivity index (χ4n) is 2.29. The second-order valence-electron chi connectivity index (χ2n) is 5.32. The molecule has 19 heavy (non-hydrogen) atoms. The van der Waals surface area contributed by atoms with Crippen LogP contribution in [0, 0.1) is 0 Å². The van der Waals surface area contributed by atoms with E-state index in [0.29, 0.717) is 6.61 Å². The molecular weight excluding hydrogens is 242 g/mol. The first-order chi connectivity index (χ1) is 9.08. The summed E-state index contributed by atoms with van der Waals surface area (Å²) in [5.74, 6) is 0.738. The monoisotopic (exact) mass is 265 g/mol. The molecule has 1 aliphatic heterocycles. The lowest BCUT2D eigenvalue weighted by Gasteiger charge is -2.33. The molecule has 1 saturated heterocycles. The lowest BCUT2D eigenvalue weighted by molar-refractivity contribution is -0.0851. The van der Waals surface area contributed by atoms with Crippen molar-refractivity contribution in [1.29, 1.82) is 0 Å². The van der Waals surface area contributed by atoms with E-state index in [9.17, 15) is 5.11 Å². The number of aliphatic hydroxyl groups excluding tert-OH is 1. The third-order valence-corrected chi connectivity index (χ3v) is 3.25. The summed E-state index contributed by atoms with van der Waals surface area (Å²) in [5.41, 5.74) is 0.802. The van der Waals surface area contributed by atoms with E-state index >= 15 is 0 Å². The molecule has 1 fully saturated rings. The van der Waals surface area contributed by atoms with Gasteiger partial charge in [-0.15, -0.1) is 0 Å². The standard InChI is InChI=1S/C15H23NO3/c1-11(2)19-13-7-5-4-6-12(13)15(17)14-10-16(3)8-9-18-14/h4-7,11,14-15,17H,8-10H2,1-3H3. The van der Waals surface area contributed by atoms with Gasteiger partial charge in [0.15, 0.2) is 0 Å². The van der Waals surface area contributed by atoms with E-state index in [1.165, 1.54) is 0 Å². The number of morpholine rings is 1. The smallest absolute Gasteiger partial charge is 0.125 e. The molecule has 2 rings (SSSR count). The minimum Gasteiger partial charge on any atom is -0.491 e. The second kappa shape index (κ2) is 6.37. The Balaban J connectivity index is 2.15. The summed E-state index contributed by atoms with van der Waals surface area (Å²) in [5, 5.41) is 10.5. The van der Waals surface area contributed by atoms with Crippen molar-refractivity contribution in [2.75, 3.05) is 26.7 Å². The summed E-state index contributed by atoms with van der Waals surface area (Å²) >= 11 is 0. The van der Waals surface area contributed by atoms with E-state index < -0.39 is 6.10 Å². The van der Waals surface area contributed by atoms with Gasteiger partial charge in [0.05, 0.1) is 12.7 Å². The highest BCUT2D eigenvalue weighted by atomic mass is 16.5. The van der Waals surface area contributed by atoms with Gasteiger partial charge in [-0.1, -0.05) is 18.2 Å². The number of nitrogens with zero attached hydrogens (tertiary/aromatic N) is 1. The zero-order chi connectivity index (χ0) is 13.8. The van der Waals surface area contributed by atoms with Crippen molar-refractivity contribution >= 4 is 0 Å². The molecule has 1 heterocycles. The molecule has 4 heteroatoms. The molecule has 2 unspecified atom stereocenters. The van der Waals surface area contributed by atoms with Crippen molar-refractivity contribution in [1.82, 2.24) is 4.90 Å². The van der Waals surface area contributed by atoms with Crippen molar-refractivity contribution in [3.05, 3.63) is 29.8 Å². The Morgan fingerprint density at radius 1 is 1.37 bits per heavy atom. The number of ether oxygens (including phenoxy) is 2. The van der Waals surface area contributed by atoms with Crippen LogP contribution in [0.2, 0.25) is 0 Å². The number of rotatable bonds is 4. The van der Waals surface area contributed by atoms with Crippen molar-refractivity contribution in [3.8, 4) is 5.75 Å². The molecule has 0 bridgehead atoms. The average molecular weight is 265 g/mol. The van der Waals surface area contributed by atoms with E-state index in [0.717, 1.165) is 24.4 Å². The molecule has 0 spiro atoms. The maximum absolute atomic E-state index is 10.5. The van der Waals surface area contributed by atoms with Gasteiger partial charge in [0.1, 0.15) is 18.0 Å². The Morgan fingerprint density at radius 2 is 2.11 bits per heavy atom. The molecule has 1 N–H and O–H groups in total. The SMILES string of the molecule is CC(C)Oc1ccccc1C(O)C1CN(C)CCO1. The highest BCUT2D eigenvalue weighted by molar-refractivity contribution is 5.36. The van der Waals surface area contributed by atoms with E-state index in [1.54, 1.807) is 0 Å². The Hall–Kier alpha value is -1.10. The fourth-order valence-corrected chi connectivity index (χ4v) is 2.29. The lowest BCUT2D eigenvalue weighted by atomic mass is 10.0. The zero-order valence-corrected chi connectivity index (χ0v) is 11.9. The topological polar surface area (TPSA) is 41.9 Å². The molecule has 1 aromatic rings. The van der Waals surface area contributed by atoms with Gasteiger partial charge < -0.3 is 19.5 Å². The van der Waals surface area contributed by atoms with Crippen LogP contribution in [0.25, 0.3) is 0 Å². The summed E-state index contributed by atoms with van der Waals surface area (Å²) in [6.45, 7) is 6.26. The number of aliphatic hydroxyl groups is 1. The van der Waals surface area contributed by atoms with Crippen molar-refractivity contribution in [2.24, 2.45) is 0 Å². The molecule has 0 aromatic heterocycles. The molecule has 1 aliphatic rings. The third-order valence-electron chi connectivity index (χ3n) is 3.25. The second-order valence-corrected chi connectivity index (χ2v) is 5.32. The number of para-hydroxylation sites is 1. The number of likely N-dealkylation sites (N-methyl/N-ethyl adjacent to an activating group) is 1. The summed E-state index contributed by atoms with van der Waals surface area (Å²) in [4.78, 5) is 2.17. The average Bonchev–Trinajstić information content (AvgIpc) is 2.38. The van der Waals surface area contributed by atoms with Crippen molar-refractivity contribution in [3.63, 3.8) is 0 Å². The number of hydrogen-bond donors (Lipinski definition) is 1. The van der Waals surface area contributed by atoms with E-state index in [2.05, 4.69) is 4.90 Å². The predicted octanol–water partition coefficient (Wildman–Crippen LogP) is 1.84. The summed E-state index contributed by atoms with van der Waals surface area (Å²) in [6, 6.07) is 7.63. The molecule has 4 nitrogen and oxygen atoms in total. The van der Waals surface area contributed by atoms with Gasteiger partial charge in [-0.25, -0.2) is 0 Å². The maximum atomic E-state index is 10.5. The predicted molar refractivity (Wildman–Crippen MR) is 74.4 cm³/mol. The quantitative estimate of drug-likeness (QED) is 0.902. The normalized spacial score (nSPS) is 22.5. The summed E-state index contributed by atoms with van der Waals surface area (Å²) in [6.07, 6.45) is -0.767. The van der Waals surface area contributed by atoms with Gasteiger partial charge in [-0.3, -0.25) is 0 Å². The molecular formula is C15H23NO3. The molecule has 0 aliphatic carbocycles. The largest absolute Gasteiger partial charge is 0.491 e. The van der Waals surface area contributed by atoms with Crippen LogP contribution in [-0.4, -0.2) is 49.0 Å². The Morgan fingerprint density at radius 3 is 2.79 bits per heavy atom. The first kappa shape index (κ1) is 14.3. The number of hydrogen-bond acceptors (Lipinski definition) is 4. The molecule has 0 amide bonds. The van der Waals surface area contributed by atoms with E-state index in [4.69, 9.17) is 9.47 Å². The minimum absolute atomic E-state index is 0.0864. The molecule has 1 aromatic carbocycles. The lowest BCUT2D eigenvalue weighted by Crippen LogP contribution is -2.43. The van der Waals surface area contributed by atoms with Crippen LogP contribution in [-0.2, 0) is 4.74 Å². The first-order valence-electron chi connectivity index (χ1n) is 6.81. The van der Waals surface area contributed by atoms with E-state index in [1.807, 2.05) is 45.2 Å². The van der Waals surface area contributed by atoms with Crippen LogP contribution >= 0.6 is 0 Å². The van der Waals surface area contributed by atoms with Gasteiger partial charge in [-0.2, -0.15) is 0 Å². The van der Waals surface area contributed by atoms with Crippen LogP contribution < -0.4 is 4.74 Å². The van der Waals surface area contributed by atoms with Crippen LogP contribution in [0.3, 0.4) is 0 Å². The first-order valence-corrected chi connectivity index (χ1v) is 6.81. The molecule has 2 atom stereocenters. The molecule has 106 valence electrons. The third kappa shape index (κ3) is 3.69. The Kier molecular flexibility index (Phi) is 4.80. The molecule has 0 saturated carbocycles. The van der Waals surface area contributed by atoms with Crippen LogP contribution in [0.4, 0.5) is 0 Å². The highest BCUT2D eigenvalue weighted by Gasteiger charge is 2.28. The van der Waals surface area contributed by atoms with Crippen molar-refractivity contribution in [2.45, 2.75) is 32.2 Å². The Bertz CT molecular complexity index is 408. The van der Waals surface area contributed by atoms with Crippen LogP contribution in [0.15, 0.2) is 24.3 Å². The van der Waals surface area contributed by atoms with Gasteiger partial charge in [-0.05, 0) is 27.0 Å². The Labute approximate surface area is 114 Å². The fraction of sp³-hybridized carbons (Fsp3) is 0.600. The minimum atomic E-state index is -0.655. The van der Waals surface area contributed by atoms with E-state index in [-0.39, 0.29) is 12.2 Å². The summed E-state index contributed by atoms with van der Waals surface area (Å²) < 4.78 is 11.4.